The first-order valence-corrected chi connectivity index (χ1v) is 9.55. The first kappa shape index (κ1) is 18.7. The molecule has 0 spiro atoms. The number of hydrogen-bond donors (Lipinski definition) is 2. The van der Waals surface area contributed by atoms with Gasteiger partial charge in [0.15, 0.2) is 0 Å². The summed E-state index contributed by atoms with van der Waals surface area (Å²) in [5.74, 6) is 0.730. The van der Waals surface area contributed by atoms with Crippen molar-refractivity contribution in [3.05, 3.63) is 29.8 Å². The van der Waals surface area contributed by atoms with E-state index in [1.165, 1.54) is 12.8 Å². The van der Waals surface area contributed by atoms with Crippen LogP contribution in [0.1, 0.15) is 50.1 Å². The first-order chi connectivity index (χ1) is 12.6. The van der Waals surface area contributed by atoms with Gasteiger partial charge in [-0.25, -0.2) is 0 Å². The number of amides is 2. The largest absolute Gasteiger partial charge is 0.497 e. The van der Waals surface area contributed by atoms with E-state index in [0.717, 1.165) is 43.5 Å². The number of carbonyl (C=O) groups is 2. The fourth-order valence-electron chi connectivity index (χ4n) is 4.16. The number of rotatable bonds is 6. The Morgan fingerprint density at radius 2 is 1.81 bits per heavy atom. The Kier molecular flexibility index (Phi) is 6.14. The standard InChI is InChI=1S/C20H29N3O3/c1-21-20(25)18(14-9-11-16(26-2)12-10-14)23-13-5-8-17(23)19(24)22-15-6-3-4-7-15/h9-12,15,17-18H,3-8,13H2,1-2H3,(H,21,25)(H,22,24)/t17-,18+/m0/s1. The zero-order chi connectivity index (χ0) is 18.5. The number of ether oxygens (including phenoxy) is 1. The molecule has 1 aliphatic heterocycles. The van der Waals surface area contributed by atoms with E-state index >= 15 is 0 Å². The minimum absolute atomic E-state index is 0.0665. The lowest BCUT2D eigenvalue weighted by atomic mass is 10.0. The van der Waals surface area contributed by atoms with Crippen LogP contribution in [0, 0.1) is 0 Å². The normalized spacial score (nSPS) is 22.2. The average molecular weight is 359 g/mol. The van der Waals surface area contributed by atoms with Gasteiger partial charge >= 0.3 is 0 Å². The summed E-state index contributed by atoms with van der Waals surface area (Å²) >= 11 is 0. The van der Waals surface area contributed by atoms with E-state index < -0.39 is 6.04 Å². The lowest BCUT2D eigenvalue weighted by molar-refractivity contribution is -0.131. The number of nitrogens with zero attached hydrogens (tertiary/aromatic N) is 1. The van der Waals surface area contributed by atoms with Crippen LogP contribution in [0.2, 0.25) is 0 Å². The summed E-state index contributed by atoms with van der Waals surface area (Å²) < 4.78 is 5.22. The second kappa shape index (κ2) is 8.54. The van der Waals surface area contributed by atoms with E-state index in [0.29, 0.717) is 6.04 Å². The molecule has 3 rings (SSSR count). The molecule has 2 fully saturated rings. The summed E-state index contributed by atoms with van der Waals surface area (Å²) in [5.41, 5.74) is 0.880. The minimum Gasteiger partial charge on any atom is -0.497 e. The van der Waals surface area contributed by atoms with Gasteiger partial charge in [0.2, 0.25) is 11.8 Å². The van der Waals surface area contributed by atoms with Gasteiger partial charge in [-0.05, 0) is 43.4 Å². The average Bonchev–Trinajstić information content (AvgIpc) is 3.34. The summed E-state index contributed by atoms with van der Waals surface area (Å²) in [6.07, 6.45) is 6.22. The number of likely N-dealkylation sites (tertiary alicyclic amines) is 1. The van der Waals surface area contributed by atoms with Crippen molar-refractivity contribution >= 4 is 11.8 Å². The molecule has 142 valence electrons. The van der Waals surface area contributed by atoms with Crippen molar-refractivity contribution in [2.24, 2.45) is 0 Å². The summed E-state index contributed by atoms with van der Waals surface area (Å²) in [6, 6.07) is 7.10. The molecule has 1 aromatic carbocycles. The molecule has 2 amide bonds. The minimum atomic E-state index is -0.465. The molecule has 2 N–H and O–H groups in total. The number of likely N-dealkylation sites (N-methyl/N-ethyl adjacent to an activating group) is 1. The first-order valence-electron chi connectivity index (χ1n) is 9.55. The number of carbonyl (C=O) groups excluding carboxylic acids is 2. The van der Waals surface area contributed by atoms with E-state index in [2.05, 4.69) is 10.6 Å². The van der Waals surface area contributed by atoms with Crippen molar-refractivity contribution in [1.29, 1.82) is 0 Å². The van der Waals surface area contributed by atoms with Crippen LogP contribution in [0.5, 0.6) is 5.75 Å². The number of methoxy groups -OCH3 is 1. The third-order valence-electron chi connectivity index (χ3n) is 5.56. The monoisotopic (exact) mass is 359 g/mol. The molecular weight excluding hydrogens is 330 g/mol. The van der Waals surface area contributed by atoms with Crippen LogP contribution < -0.4 is 15.4 Å². The number of nitrogens with one attached hydrogen (secondary N) is 2. The molecular formula is C20H29N3O3. The molecule has 1 saturated carbocycles. The summed E-state index contributed by atoms with van der Waals surface area (Å²) in [4.78, 5) is 27.6. The summed E-state index contributed by atoms with van der Waals surface area (Å²) in [5, 5.41) is 5.96. The van der Waals surface area contributed by atoms with Crippen LogP contribution in [-0.2, 0) is 9.59 Å². The van der Waals surface area contributed by atoms with Crippen molar-refractivity contribution in [2.75, 3.05) is 20.7 Å². The number of benzene rings is 1. The van der Waals surface area contributed by atoms with Gasteiger partial charge in [0, 0.05) is 19.6 Å². The summed E-state index contributed by atoms with van der Waals surface area (Å²) in [7, 11) is 3.26. The molecule has 2 atom stereocenters. The smallest absolute Gasteiger partial charge is 0.241 e. The topological polar surface area (TPSA) is 70.7 Å². The maximum absolute atomic E-state index is 12.9. The molecule has 6 nitrogen and oxygen atoms in total. The van der Waals surface area contributed by atoms with E-state index in [-0.39, 0.29) is 17.9 Å². The zero-order valence-corrected chi connectivity index (χ0v) is 15.7. The van der Waals surface area contributed by atoms with E-state index in [4.69, 9.17) is 4.74 Å². The molecule has 1 aliphatic carbocycles. The second-order valence-corrected chi connectivity index (χ2v) is 7.18. The third-order valence-corrected chi connectivity index (χ3v) is 5.56. The Balaban J connectivity index is 1.79. The Labute approximate surface area is 155 Å². The Hall–Kier alpha value is -2.08. The van der Waals surface area contributed by atoms with E-state index in [1.54, 1.807) is 14.2 Å². The molecule has 0 aromatic heterocycles. The van der Waals surface area contributed by atoms with Crippen molar-refractivity contribution in [3.8, 4) is 5.75 Å². The maximum atomic E-state index is 12.9. The van der Waals surface area contributed by atoms with Crippen molar-refractivity contribution in [3.63, 3.8) is 0 Å². The van der Waals surface area contributed by atoms with Crippen LogP contribution in [0.15, 0.2) is 24.3 Å². The van der Waals surface area contributed by atoms with E-state index in [9.17, 15) is 9.59 Å². The molecule has 6 heteroatoms. The Morgan fingerprint density at radius 1 is 1.12 bits per heavy atom. The maximum Gasteiger partial charge on any atom is 0.241 e. The lowest BCUT2D eigenvalue weighted by Gasteiger charge is -2.32. The van der Waals surface area contributed by atoms with Gasteiger partial charge in [-0.1, -0.05) is 25.0 Å². The fraction of sp³-hybridized carbons (Fsp3) is 0.600. The molecule has 0 bridgehead atoms. The highest BCUT2D eigenvalue weighted by Gasteiger charge is 2.39. The van der Waals surface area contributed by atoms with Crippen molar-refractivity contribution < 1.29 is 14.3 Å². The van der Waals surface area contributed by atoms with Crippen LogP contribution in [-0.4, -0.2) is 49.5 Å². The molecule has 1 saturated heterocycles. The number of hydrogen-bond acceptors (Lipinski definition) is 4. The predicted octanol–water partition coefficient (Wildman–Crippen LogP) is 2.01. The van der Waals surface area contributed by atoms with Gasteiger partial charge in [-0.3, -0.25) is 14.5 Å². The SMILES string of the molecule is CNC(=O)[C@@H](c1ccc(OC)cc1)N1CCC[C@H]1C(=O)NC1CCCC1. The third kappa shape index (κ3) is 4.01. The lowest BCUT2D eigenvalue weighted by Crippen LogP contribution is -2.50. The van der Waals surface area contributed by atoms with Crippen LogP contribution in [0.3, 0.4) is 0 Å². The second-order valence-electron chi connectivity index (χ2n) is 7.18. The Bertz CT molecular complexity index is 626. The molecule has 26 heavy (non-hydrogen) atoms. The van der Waals surface area contributed by atoms with Gasteiger partial charge in [0.05, 0.1) is 13.2 Å². The highest BCUT2D eigenvalue weighted by Crippen LogP contribution is 2.31. The zero-order valence-electron chi connectivity index (χ0n) is 15.7. The molecule has 0 unspecified atom stereocenters. The molecule has 1 heterocycles. The molecule has 2 aliphatic rings. The van der Waals surface area contributed by atoms with Crippen LogP contribution in [0.4, 0.5) is 0 Å². The van der Waals surface area contributed by atoms with Gasteiger partial charge in [0.1, 0.15) is 11.8 Å². The Morgan fingerprint density at radius 3 is 2.42 bits per heavy atom. The highest BCUT2D eigenvalue weighted by atomic mass is 16.5. The molecule has 0 radical (unpaired) electrons. The predicted molar refractivity (Wildman–Crippen MR) is 99.9 cm³/mol. The van der Waals surface area contributed by atoms with E-state index in [1.807, 2.05) is 29.2 Å². The van der Waals surface area contributed by atoms with Crippen LogP contribution >= 0.6 is 0 Å². The quantitative estimate of drug-likeness (QED) is 0.815. The highest BCUT2D eigenvalue weighted by molar-refractivity contribution is 5.86. The summed E-state index contributed by atoms with van der Waals surface area (Å²) in [6.45, 7) is 0.743. The van der Waals surface area contributed by atoms with Gasteiger partial charge in [0.25, 0.3) is 0 Å². The van der Waals surface area contributed by atoms with Gasteiger partial charge in [-0.15, -0.1) is 0 Å². The van der Waals surface area contributed by atoms with Crippen LogP contribution in [0.25, 0.3) is 0 Å². The van der Waals surface area contributed by atoms with Crippen molar-refractivity contribution in [2.45, 2.75) is 56.7 Å². The fourth-order valence-corrected chi connectivity index (χ4v) is 4.16. The van der Waals surface area contributed by atoms with Crippen molar-refractivity contribution in [1.82, 2.24) is 15.5 Å². The van der Waals surface area contributed by atoms with Gasteiger partial charge in [-0.2, -0.15) is 0 Å². The molecule has 1 aromatic rings. The van der Waals surface area contributed by atoms with Gasteiger partial charge < -0.3 is 15.4 Å².